The van der Waals surface area contributed by atoms with E-state index in [2.05, 4.69) is 6.58 Å². The van der Waals surface area contributed by atoms with Crippen LogP contribution in [-0.4, -0.2) is 18.3 Å². The standard InChI is InChI=1S/C13H17ClO2/c1-9(2)8-16-12-6-4-5-11(13(12)14)10(3)7-15/h4-6,10,15H,1,7-8H2,2-3H3. The summed E-state index contributed by atoms with van der Waals surface area (Å²) in [6.07, 6.45) is 0. The van der Waals surface area contributed by atoms with Gasteiger partial charge in [-0.05, 0) is 24.1 Å². The van der Waals surface area contributed by atoms with E-state index >= 15 is 0 Å². The molecule has 0 heterocycles. The second kappa shape index (κ2) is 5.92. The molecule has 0 aliphatic carbocycles. The highest BCUT2D eigenvalue weighted by Gasteiger charge is 2.12. The third kappa shape index (κ3) is 3.26. The number of rotatable bonds is 5. The zero-order valence-corrected chi connectivity index (χ0v) is 10.4. The van der Waals surface area contributed by atoms with Crippen molar-refractivity contribution < 1.29 is 9.84 Å². The van der Waals surface area contributed by atoms with E-state index in [4.69, 9.17) is 21.4 Å². The first kappa shape index (κ1) is 13.1. The maximum absolute atomic E-state index is 9.11. The highest BCUT2D eigenvalue weighted by atomic mass is 35.5. The van der Waals surface area contributed by atoms with Gasteiger partial charge in [-0.2, -0.15) is 0 Å². The Balaban J connectivity index is 2.90. The Labute approximate surface area is 102 Å². The Morgan fingerprint density at radius 3 is 2.81 bits per heavy atom. The van der Waals surface area contributed by atoms with E-state index in [1.807, 2.05) is 32.0 Å². The zero-order valence-electron chi connectivity index (χ0n) is 9.66. The van der Waals surface area contributed by atoms with Crippen molar-refractivity contribution in [2.45, 2.75) is 19.8 Å². The molecule has 0 bridgehead atoms. The molecule has 0 fully saturated rings. The van der Waals surface area contributed by atoms with E-state index < -0.39 is 0 Å². The summed E-state index contributed by atoms with van der Waals surface area (Å²) in [4.78, 5) is 0. The van der Waals surface area contributed by atoms with Gasteiger partial charge in [-0.25, -0.2) is 0 Å². The van der Waals surface area contributed by atoms with Gasteiger partial charge >= 0.3 is 0 Å². The van der Waals surface area contributed by atoms with E-state index in [9.17, 15) is 0 Å². The van der Waals surface area contributed by atoms with Crippen LogP contribution in [0.1, 0.15) is 25.3 Å². The minimum Gasteiger partial charge on any atom is -0.488 e. The second-order valence-electron chi connectivity index (χ2n) is 3.99. The molecular weight excluding hydrogens is 224 g/mol. The molecule has 0 aliphatic heterocycles. The number of hydrogen-bond acceptors (Lipinski definition) is 2. The normalized spacial score (nSPS) is 12.2. The number of aliphatic hydroxyl groups excluding tert-OH is 1. The molecule has 1 aromatic carbocycles. The Kier molecular flexibility index (Phi) is 4.84. The van der Waals surface area contributed by atoms with Crippen LogP contribution >= 0.6 is 11.6 Å². The number of ether oxygens (including phenoxy) is 1. The molecule has 0 radical (unpaired) electrons. The van der Waals surface area contributed by atoms with Crippen LogP contribution in [-0.2, 0) is 0 Å². The molecule has 88 valence electrons. The maximum Gasteiger partial charge on any atom is 0.138 e. The van der Waals surface area contributed by atoms with Crippen LogP contribution in [0, 0.1) is 0 Å². The molecule has 0 aromatic heterocycles. The lowest BCUT2D eigenvalue weighted by Crippen LogP contribution is -2.03. The first-order valence-electron chi connectivity index (χ1n) is 5.22. The van der Waals surface area contributed by atoms with Gasteiger partial charge in [0.25, 0.3) is 0 Å². The molecule has 1 atom stereocenters. The second-order valence-corrected chi connectivity index (χ2v) is 4.37. The fourth-order valence-electron chi connectivity index (χ4n) is 1.32. The van der Waals surface area contributed by atoms with Gasteiger partial charge in [0.05, 0.1) is 5.02 Å². The summed E-state index contributed by atoms with van der Waals surface area (Å²) in [5, 5.41) is 9.68. The molecule has 1 N–H and O–H groups in total. The van der Waals surface area contributed by atoms with Gasteiger partial charge in [-0.1, -0.05) is 37.2 Å². The quantitative estimate of drug-likeness (QED) is 0.800. The zero-order chi connectivity index (χ0) is 12.1. The smallest absolute Gasteiger partial charge is 0.138 e. The van der Waals surface area contributed by atoms with Crippen molar-refractivity contribution in [2.75, 3.05) is 13.2 Å². The molecule has 1 unspecified atom stereocenters. The lowest BCUT2D eigenvalue weighted by atomic mass is 10.0. The summed E-state index contributed by atoms with van der Waals surface area (Å²) in [6.45, 7) is 8.11. The lowest BCUT2D eigenvalue weighted by Gasteiger charge is -2.14. The Bertz CT molecular complexity index is 374. The van der Waals surface area contributed by atoms with Crippen LogP contribution in [0.5, 0.6) is 5.75 Å². The van der Waals surface area contributed by atoms with Crippen molar-refractivity contribution >= 4 is 11.6 Å². The third-order valence-corrected chi connectivity index (χ3v) is 2.68. The van der Waals surface area contributed by atoms with Crippen LogP contribution in [0.25, 0.3) is 0 Å². The maximum atomic E-state index is 9.11. The van der Waals surface area contributed by atoms with Gasteiger partial charge in [-0.15, -0.1) is 0 Å². The molecule has 0 saturated carbocycles. The van der Waals surface area contributed by atoms with E-state index in [1.54, 1.807) is 0 Å². The molecule has 1 aromatic rings. The average Bonchev–Trinajstić information content (AvgIpc) is 2.26. The van der Waals surface area contributed by atoms with Gasteiger partial charge < -0.3 is 9.84 Å². The fraction of sp³-hybridized carbons (Fsp3) is 0.385. The molecule has 0 amide bonds. The molecular formula is C13H17ClO2. The molecule has 3 heteroatoms. The number of hydrogen-bond donors (Lipinski definition) is 1. The monoisotopic (exact) mass is 240 g/mol. The van der Waals surface area contributed by atoms with E-state index in [1.165, 1.54) is 0 Å². The summed E-state index contributed by atoms with van der Waals surface area (Å²) in [5.41, 5.74) is 1.85. The SMILES string of the molecule is C=C(C)COc1cccc(C(C)CO)c1Cl. The Hall–Kier alpha value is -0.990. The Morgan fingerprint density at radius 2 is 2.25 bits per heavy atom. The molecule has 16 heavy (non-hydrogen) atoms. The van der Waals surface area contributed by atoms with Crippen molar-refractivity contribution in [3.63, 3.8) is 0 Å². The van der Waals surface area contributed by atoms with Crippen molar-refractivity contribution in [3.8, 4) is 5.75 Å². The van der Waals surface area contributed by atoms with Gasteiger partial charge in [0.15, 0.2) is 0 Å². The summed E-state index contributed by atoms with van der Waals surface area (Å²) < 4.78 is 5.52. The summed E-state index contributed by atoms with van der Waals surface area (Å²) in [7, 11) is 0. The van der Waals surface area contributed by atoms with Gasteiger partial charge in [0.2, 0.25) is 0 Å². The first-order chi connectivity index (χ1) is 7.56. The topological polar surface area (TPSA) is 29.5 Å². The number of benzene rings is 1. The molecule has 2 nitrogen and oxygen atoms in total. The van der Waals surface area contributed by atoms with E-state index in [0.717, 1.165) is 11.1 Å². The highest BCUT2D eigenvalue weighted by Crippen LogP contribution is 2.32. The van der Waals surface area contributed by atoms with Crippen molar-refractivity contribution in [1.29, 1.82) is 0 Å². The summed E-state index contributed by atoms with van der Waals surface area (Å²) in [6, 6.07) is 5.59. The van der Waals surface area contributed by atoms with Crippen molar-refractivity contribution in [2.24, 2.45) is 0 Å². The van der Waals surface area contributed by atoms with Crippen LogP contribution in [0.15, 0.2) is 30.4 Å². The minimum absolute atomic E-state index is 0.0147. The van der Waals surface area contributed by atoms with E-state index in [0.29, 0.717) is 17.4 Å². The summed E-state index contributed by atoms with van der Waals surface area (Å²) >= 11 is 6.20. The largest absolute Gasteiger partial charge is 0.488 e. The predicted octanol–water partition coefficient (Wildman–Crippen LogP) is 3.39. The molecule has 0 aliphatic rings. The number of aliphatic hydroxyl groups is 1. The van der Waals surface area contributed by atoms with Crippen molar-refractivity contribution in [1.82, 2.24) is 0 Å². The fourth-order valence-corrected chi connectivity index (χ4v) is 1.69. The number of halogens is 1. The van der Waals surface area contributed by atoms with Crippen LogP contribution in [0.3, 0.4) is 0 Å². The lowest BCUT2D eigenvalue weighted by molar-refractivity contribution is 0.272. The summed E-state index contributed by atoms with van der Waals surface area (Å²) in [5.74, 6) is 0.656. The van der Waals surface area contributed by atoms with E-state index in [-0.39, 0.29) is 12.5 Å². The minimum atomic E-state index is 0.0147. The predicted molar refractivity (Wildman–Crippen MR) is 67.3 cm³/mol. The van der Waals surface area contributed by atoms with Gasteiger partial charge in [0.1, 0.15) is 12.4 Å². The molecule has 0 spiro atoms. The Morgan fingerprint density at radius 1 is 1.56 bits per heavy atom. The average molecular weight is 241 g/mol. The first-order valence-corrected chi connectivity index (χ1v) is 5.60. The van der Waals surface area contributed by atoms with Gasteiger partial charge in [0, 0.05) is 12.5 Å². The van der Waals surface area contributed by atoms with Crippen LogP contribution in [0.4, 0.5) is 0 Å². The molecule has 1 rings (SSSR count). The van der Waals surface area contributed by atoms with Gasteiger partial charge in [-0.3, -0.25) is 0 Å². The molecule has 0 saturated heterocycles. The van der Waals surface area contributed by atoms with Crippen LogP contribution in [0.2, 0.25) is 5.02 Å². The van der Waals surface area contributed by atoms with Crippen molar-refractivity contribution in [3.05, 3.63) is 40.9 Å². The third-order valence-electron chi connectivity index (χ3n) is 2.27. The van der Waals surface area contributed by atoms with Crippen LogP contribution < -0.4 is 4.74 Å². The highest BCUT2D eigenvalue weighted by molar-refractivity contribution is 6.32.